The first-order valence-corrected chi connectivity index (χ1v) is 3.94. The molecule has 0 spiro atoms. The van der Waals surface area contributed by atoms with Crippen LogP contribution in [0.1, 0.15) is 18.6 Å². The van der Waals surface area contributed by atoms with Gasteiger partial charge in [0.1, 0.15) is 23.6 Å². The summed E-state index contributed by atoms with van der Waals surface area (Å²) >= 11 is 0. The van der Waals surface area contributed by atoms with Gasteiger partial charge in [-0.2, -0.15) is 0 Å². The van der Waals surface area contributed by atoms with Crippen molar-refractivity contribution in [1.29, 1.82) is 0 Å². The van der Waals surface area contributed by atoms with Crippen LogP contribution < -0.4 is 0 Å². The molecule has 0 heterocycles. The Morgan fingerprint density at radius 2 is 1.50 bits per heavy atom. The first kappa shape index (κ1) is 11.0. The van der Waals surface area contributed by atoms with E-state index >= 15 is 0 Å². The summed E-state index contributed by atoms with van der Waals surface area (Å²) in [4.78, 5) is 0. The lowest BCUT2D eigenvalue weighted by atomic mass is 10.0. The third-order valence-corrected chi connectivity index (χ3v) is 1.80. The summed E-state index contributed by atoms with van der Waals surface area (Å²) in [5, 5.41) is 18.1. The van der Waals surface area contributed by atoms with E-state index in [9.17, 15) is 18.3 Å². The lowest BCUT2D eigenvalue weighted by Crippen LogP contribution is -2.17. The highest BCUT2D eigenvalue weighted by Crippen LogP contribution is 2.24. The molecule has 0 amide bonds. The van der Waals surface area contributed by atoms with E-state index in [1.807, 2.05) is 0 Å². The monoisotopic (exact) mass is 206 g/mol. The summed E-state index contributed by atoms with van der Waals surface area (Å²) in [6.07, 6.45) is -3.03. The van der Waals surface area contributed by atoms with Crippen LogP contribution in [0.2, 0.25) is 0 Å². The molecule has 1 aromatic carbocycles. The standard InChI is InChI=1S/C9H9F3O2/c1-4(13)9(14)8-6(11)2-5(10)3-7(8)12/h2-4,9,13-14H,1H3/t4-,9+/m0/s1. The van der Waals surface area contributed by atoms with Crippen molar-refractivity contribution in [2.45, 2.75) is 19.1 Å². The third kappa shape index (κ3) is 2.05. The van der Waals surface area contributed by atoms with Crippen LogP contribution in [0.15, 0.2) is 12.1 Å². The van der Waals surface area contributed by atoms with Gasteiger partial charge in [0.05, 0.1) is 11.7 Å². The molecular weight excluding hydrogens is 197 g/mol. The lowest BCUT2D eigenvalue weighted by Gasteiger charge is -2.15. The first-order chi connectivity index (χ1) is 6.43. The molecule has 2 N–H and O–H groups in total. The van der Waals surface area contributed by atoms with Crippen molar-refractivity contribution < 1.29 is 23.4 Å². The maximum Gasteiger partial charge on any atom is 0.134 e. The molecule has 0 aliphatic heterocycles. The molecule has 0 aromatic heterocycles. The van der Waals surface area contributed by atoms with Gasteiger partial charge in [-0.15, -0.1) is 0 Å². The summed E-state index contributed by atoms with van der Waals surface area (Å²) in [5.74, 6) is -3.49. The number of benzene rings is 1. The van der Waals surface area contributed by atoms with Crippen LogP contribution in [-0.4, -0.2) is 16.3 Å². The summed E-state index contributed by atoms with van der Waals surface area (Å²) in [7, 11) is 0. The molecule has 0 bridgehead atoms. The largest absolute Gasteiger partial charge is 0.390 e. The van der Waals surface area contributed by atoms with Gasteiger partial charge in [-0.1, -0.05) is 0 Å². The van der Waals surface area contributed by atoms with Gasteiger partial charge in [0.25, 0.3) is 0 Å². The molecular formula is C9H9F3O2. The quantitative estimate of drug-likeness (QED) is 0.770. The van der Waals surface area contributed by atoms with Crippen molar-refractivity contribution in [1.82, 2.24) is 0 Å². The van der Waals surface area contributed by atoms with Crippen LogP contribution in [0, 0.1) is 17.5 Å². The number of hydrogen-bond acceptors (Lipinski definition) is 2. The Labute approximate surface area is 78.6 Å². The molecule has 0 radical (unpaired) electrons. The van der Waals surface area contributed by atoms with Crippen molar-refractivity contribution in [3.8, 4) is 0 Å². The molecule has 0 fully saturated rings. The maximum atomic E-state index is 13.0. The minimum atomic E-state index is -1.70. The zero-order chi connectivity index (χ0) is 10.9. The topological polar surface area (TPSA) is 40.5 Å². The average molecular weight is 206 g/mol. The molecule has 1 rings (SSSR count). The fourth-order valence-electron chi connectivity index (χ4n) is 1.08. The number of hydrogen-bond donors (Lipinski definition) is 2. The van der Waals surface area contributed by atoms with E-state index in [1.54, 1.807) is 0 Å². The number of aliphatic hydroxyl groups is 2. The van der Waals surface area contributed by atoms with Gasteiger partial charge < -0.3 is 10.2 Å². The van der Waals surface area contributed by atoms with Crippen LogP contribution in [0.5, 0.6) is 0 Å². The molecule has 1 aromatic rings. The van der Waals surface area contributed by atoms with Gasteiger partial charge in [0.15, 0.2) is 0 Å². The van der Waals surface area contributed by atoms with Gasteiger partial charge in [0, 0.05) is 12.1 Å². The lowest BCUT2D eigenvalue weighted by molar-refractivity contribution is 0.0258. The van der Waals surface area contributed by atoms with E-state index in [4.69, 9.17) is 5.11 Å². The van der Waals surface area contributed by atoms with E-state index < -0.39 is 35.2 Å². The molecule has 0 unspecified atom stereocenters. The Kier molecular flexibility index (Phi) is 3.13. The summed E-state index contributed by atoms with van der Waals surface area (Å²) in [6.45, 7) is 1.17. The van der Waals surface area contributed by atoms with Crippen LogP contribution in [0.25, 0.3) is 0 Å². The van der Waals surface area contributed by atoms with E-state index in [1.165, 1.54) is 6.92 Å². The predicted molar refractivity (Wildman–Crippen MR) is 43.0 cm³/mol. The van der Waals surface area contributed by atoms with E-state index in [-0.39, 0.29) is 0 Å². The minimum absolute atomic E-state index is 0.448. The van der Waals surface area contributed by atoms with Gasteiger partial charge in [-0.05, 0) is 6.92 Å². The summed E-state index contributed by atoms with van der Waals surface area (Å²) < 4.78 is 38.4. The first-order valence-electron chi connectivity index (χ1n) is 3.94. The summed E-state index contributed by atoms with van der Waals surface area (Å²) in [5.41, 5.74) is -0.721. The van der Waals surface area contributed by atoms with Crippen LogP contribution in [0.4, 0.5) is 13.2 Å². The average Bonchev–Trinajstić information content (AvgIpc) is 2.01. The smallest absolute Gasteiger partial charge is 0.134 e. The highest BCUT2D eigenvalue weighted by Gasteiger charge is 2.22. The molecule has 0 aliphatic rings. The Bertz CT molecular complexity index is 316. The number of aliphatic hydroxyl groups excluding tert-OH is 2. The SMILES string of the molecule is C[C@H](O)[C@@H](O)c1c(F)cc(F)cc1F. The minimum Gasteiger partial charge on any atom is -0.390 e. The zero-order valence-corrected chi connectivity index (χ0v) is 7.34. The van der Waals surface area contributed by atoms with Gasteiger partial charge in [-0.3, -0.25) is 0 Å². The summed E-state index contributed by atoms with van der Waals surface area (Å²) in [6, 6.07) is 0.897. The third-order valence-electron chi connectivity index (χ3n) is 1.80. The van der Waals surface area contributed by atoms with E-state index in [2.05, 4.69) is 0 Å². The van der Waals surface area contributed by atoms with E-state index in [0.717, 1.165) is 0 Å². The number of rotatable bonds is 2. The van der Waals surface area contributed by atoms with Crippen LogP contribution in [0.3, 0.4) is 0 Å². The van der Waals surface area contributed by atoms with E-state index in [0.29, 0.717) is 12.1 Å². The molecule has 0 saturated heterocycles. The normalized spacial score (nSPS) is 15.3. The Hall–Kier alpha value is -1.07. The van der Waals surface area contributed by atoms with Crippen LogP contribution >= 0.6 is 0 Å². The fourth-order valence-corrected chi connectivity index (χ4v) is 1.08. The zero-order valence-electron chi connectivity index (χ0n) is 7.34. The predicted octanol–water partition coefficient (Wildman–Crippen LogP) is 1.52. The van der Waals surface area contributed by atoms with Gasteiger partial charge in [-0.25, -0.2) is 13.2 Å². The highest BCUT2D eigenvalue weighted by molar-refractivity contribution is 5.23. The van der Waals surface area contributed by atoms with Gasteiger partial charge in [0.2, 0.25) is 0 Å². The molecule has 0 saturated carbocycles. The molecule has 14 heavy (non-hydrogen) atoms. The highest BCUT2D eigenvalue weighted by atomic mass is 19.1. The molecule has 2 nitrogen and oxygen atoms in total. The second kappa shape index (κ2) is 3.98. The second-order valence-electron chi connectivity index (χ2n) is 2.97. The van der Waals surface area contributed by atoms with Crippen molar-refractivity contribution in [2.24, 2.45) is 0 Å². The van der Waals surface area contributed by atoms with Crippen molar-refractivity contribution in [2.75, 3.05) is 0 Å². The molecule has 5 heteroatoms. The number of halogens is 3. The fraction of sp³-hybridized carbons (Fsp3) is 0.333. The van der Waals surface area contributed by atoms with Crippen LogP contribution in [-0.2, 0) is 0 Å². The second-order valence-corrected chi connectivity index (χ2v) is 2.97. The molecule has 0 aliphatic carbocycles. The Morgan fingerprint density at radius 1 is 1.07 bits per heavy atom. The van der Waals surface area contributed by atoms with Crippen molar-refractivity contribution >= 4 is 0 Å². The maximum absolute atomic E-state index is 13.0. The Morgan fingerprint density at radius 3 is 1.86 bits per heavy atom. The van der Waals surface area contributed by atoms with Gasteiger partial charge >= 0.3 is 0 Å². The van der Waals surface area contributed by atoms with Crippen molar-refractivity contribution in [3.63, 3.8) is 0 Å². The van der Waals surface area contributed by atoms with Crippen molar-refractivity contribution in [3.05, 3.63) is 35.1 Å². The Balaban J connectivity index is 3.20. The molecule has 2 atom stereocenters. The molecule has 78 valence electrons.